The highest BCUT2D eigenvalue weighted by molar-refractivity contribution is 14.1. The smallest absolute Gasteiger partial charge is 0.266 e. The van der Waals surface area contributed by atoms with Gasteiger partial charge in [-0.3, -0.25) is 4.79 Å². The van der Waals surface area contributed by atoms with Crippen molar-refractivity contribution >= 4 is 61.5 Å². The van der Waals surface area contributed by atoms with E-state index in [4.69, 9.17) is 16.3 Å². The van der Waals surface area contributed by atoms with Crippen molar-refractivity contribution < 1.29 is 9.53 Å². The van der Waals surface area contributed by atoms with Gasteiger partial charge in [-0.25, -0.2) is 4.98 Å². The summed E-state index contributed by atoms with van der Waals surface area (Å²) in [4.78, 5) is 21.3. The molecule has 0 radical (unpaired) electrons. The Morgan fingerprint density at radius 1 is 1.11 bits per heavy atom. The molecule has 0 saturated heterocycles. The second kappa shape index (κ2) is 11.7. The van der Waals surface area contributed by atoms with E-state index in [-0.39, 0.29) is 11.9 Å². The summed E-state index contributed by atoms with van der Waals surface area (Å²) in [5, 5.41) is 1.50. The topological polar surface area (TPSA) is 42.4 Å². The number of hydrogen-bond donors (Lipinski definition) is 0. The van der Waals surface area contributed by atoms with E-state index in [1.807, 2.05) is 49.5 Å². The van der Waals surface area contributed by atoms with Crippen LogP contribution >= 0.6 is 45.5 Å². The first-order valence-electron chi connectivity index (χ1n) is 12.8. The summed E-state index contributed by atoms with van der Waals surface area (Å²) < 4.78 is 8.02. The second-order valence-electron chi connectivity index (χ2n) is 9.71. The number of ether oxygens (including phenoxy) is 1. The van der Waals surface area contributed by atoms with Crippen molar-refractivity contribution in [3.05, 3.63) is 80.0 Å². The molecule has 0 unspecified atom stereocenters. The number of carbonyl (C=O) groups excluding carboxylic acids is 1. The predicted molar refractivity (Wildman–Crippen MR) is 162 cm³/mol. The molecule has 7 heteroatoms. The van der Waals surface area contributed by atoms with Gasteiger partial charge < -0.3 is 9.64 Å². The maximum absolute atomic E-state index is 14.2. The fourth-order valence-electron chi connectivity index (χ4n) is 5.11. The van der Waals surface area contributed by atoms with Crippen LogP contribution < -0.4 is 4.74 Å². The standard InChI is InChI=1S/C30H30ClIN2O2S/c1-3-36-25-14-10-20(21-11-15-27(32)33-17-21)16-22(25)18-34(23-12-8-19(2)9-13-23)30(35)29-28(31)24-6-4-5-7-26(24)37-29/h4-7,10-11,14-17,19,23H,3,8-9,12-13,18H2,1-2H3. The monoisotopic (exact) mass is 644 g/mol. The van der Waals surface area contributed by atoms with Crippen molar-refractivity contribution in [3.63, 3.8) is 0 Å². The zero-order valence-corrected chi connectivity index (χ0v) is 24.8. The van der Waals surface area contributed by atoms with E-state index in [2.05, 4.69) is 57.6 Å². The molecule has 5 rings (SSSR count). The van der Waals surface area contributed by atoms with E-state index in [0.717, 1.165) is 61.9 Å². The number of benzene rings is 2. The molecule has 0 spiro atoms. The van der Waals surface area contributed by atoms with Crippen LogP contribution in [0.1, 0.15) is 54.8 Å². The Labute approximate surface area is 241 Å². The maximum atomic E-state index is 14.2. The number of hydrogen-bond acceptors (Lipinski definition) is 4. The lowest BCUT2D eigenvalue weighted by molar-refractivity contribution is 0.0596. The van der Waals surface area contributed by atoms with Gasteiger partial charge in [-0.2, -0.15) is 0 Å². The fourth-order valence-corrected chi connectivity index (χ4v) is 6.90. The van der Waals surface area contributed by atoms with Gasteiger partial charge in [0.2, 0.25) is 0 Å². The number of rotatable bonds is 7. The molecule has 0 N–H and O–H groups in total. The third kappa shape index (κ3) is 5.81. The zero-order chi connectivity index (χ0) is 25.9. The van der Waals surface area contributed by atoms with E-state index in [9.17, 15) is 4.79 Å². The molecule has 2 heterocycles. The molecule has 4 aromatic rings. The number of nitrogens with zero attached hydrogens (tertiary/aromatic N) is 2. The van der Waals surface area contributed by atoms with Crippen molar-refractivity contribution in [2.45, 2.75) is 52.1 Å². The highest BCUT2D eigenvalue weighted by Crippen LogP contribution is 2.39. The van der Waals surface area contributed by atoms with Crippen LogP contribution in [0.5, 0.6) is 5.75 Å². The Kier molecular flexibility index (Phi) is 8.37. The van der Waals surface area contributed by atoms with Crippen molar-refractivity contribution in [1.82, 2.24) is 9.88 Å². The van der Waals surface area contributed by atoms with Crippen molar-refractivity contribution in [1.29, 1.82) is 0 Å². The van der Waals surface area contributed by atoms with E-state index >= 15 is 0 Å². The number of fused-ring (bicyclic) bond motifs is 1. The number of aromatic nitrogens is 1. The molecule has 192 valence electrons. The van der Waals surface area contributed by atoms with Crippen LogP contribution in [0.3, 0.4) is 0 Å². The van der Waals surface area contributed by atoms with Gasteiger partial charge in [-0.1, -0.05) is 48.9 Å². The van der Waals surface area contributed by atoms with Crippen LogP contribution in [-0.4, -0.2) is 28.4 Å². The van der Waals surface area contributed by atoms with E-state index in [1.165, 1.54) is 11.3 Å². The summed E-state index contributed by atoms with van der Waals surface area (Å²) in [5.74, 6) is 1.51. The van der Waals surface area contributed by atoms with Gasteiger partial charge in [0, 0.05) is 40.0 Å². The molecular formula is C30H30ClIN2O2S. The van der Waals surface area contributed by atoms with Gasteiger partial charge in [0.05, 0.1) is 11.6 Å². The molecule has 1 saturated carbocycles. The second-order valence-corrected chi connectivity index (χ2v) is 12.2. The highest BCUT2D eigenvalue weighted by Gasteiger charge is 2.31. The van der Waals surface area contributed by atoms with Crippen LogP contribution in [0.4, 0.5) is 0 Å². The normalized spacial score (nSPS) is 17.6. The molecular weight excluding hydrogens is 615 g/mol. The first-order valence-corrected chi connectivity index (χ1v) is 15.1. The minimum atomic E-state index is 0.00883. The number of thiophene rings is 1. The van der Waals surface area contributed by atoms with Crippen LogP contribution in [0.25, 0.3) is 21.2 Å². The highest BCUT2D eigenvalue weighted by atomic mass is 127. The summed E-state index contributed by atoms with van der Waals surface area (Å²) in [7, 11) is 0. The van der Waals surface area contributed by atoms with Gasteiger partial charge in [0.25, 0.3) is 5.91 Å². The number of halogens is 2. The molecule has 1 fully saturated rings. The Morgan fingerprint density at radius 2 is 1.86 bits per heavy atom. The summed E-state index contributed by atoms with van der Waals surface area (Å²) in [6, 6.07) is 18.5. The average molecular weight is 645 g/mol. The minimum Gasteiger partial charge on any atom is -0.494 e. The molecule has 1 aliphatic carbocycles. The van der Waals surface area contributed by atoms with Crippen LogP contribution in [0.2, 0.25) is 5.02 Å². The molecule has 1 aliphatic rings. The van der Waals surface area contributed by atoms with E-state index in [1.54, 1.807) is 0 Å². The molecule has 2 aromatic heterocycles. The third-order valence-electron chi connectivity index (χ3n) is 7.18. The lowest BCUT2D eigenvalue weighted by Crippen LogP contribution is -2.41. The Bertz CT molecular complexity index is 1400. The third-order valence-corrected chi connectivity index (χ3v) is 9.48. The molecule has 1 amide bonds. The number of amides is 1. The Morgan fingerprint density at radius 3 is 2.57 bits per heavy atom. The van der Waals surface area contributed by atoms with Crippen molar-refractivity contribution in [2.24, 2.45) is 5.92 Å². The largest absolute Gasteiger partial charge is 0.494 e. The summed E-state index contributed by atoms with van der Waals surface area (Å²) >= 11 is 10.5. The molecule has 4 nitrogen and oxygen atoms in total. The fraction of sp³-hybridized carbons (Fsp3) is 0.333. The van der Waals surface area contributed by atoms with Gasteiger partial charge >= 0.3 is 0 Å². The molecule has 2 aromatic carbocycles. The molecule has 0 atom stereocenters. The Balaban J connectivity index is 1.54. The zero-order valence-electron chi connectivity index (χ0n) is 21.0. The summed E-state index contributed by atoms with van der Waals surface area (Å²) in [6.07, 6.45) is 6.15. The number of pyridine rings is 1. The average Bonchev–Trinajstić information content (AvgIpc) is 3.25. The van der Waals surface area contributed by atoms with Crippen LogP contribution in [0, 0.1) is 9.62 Å². The minimum absolute atomic E-state index is 0.00883. The first-order chi connectivity index (χ1) is 17.9. The summed E-state index contributed by atoms with van der Waals surface area (Å²) in [6.45, 7) is 5.33. The SMILES string of the molecule is CCOc1ccc(-c2ccc(I)nc2)cc1CN(C(=O)c1sc2ccccc2c1Cl)C1CCC(C)CC1. The maximum Gasteiger partial charge on any atom is 0.266 e. The van der Waals surface area contributed by atoms with Gasteiger partial charge in [0.15, 0.2) is 0 Å². The predicted octanol–water partition coefficient (Wildman–Crippen LogP) is 8.84. The summed E-state index contributed by atoms with van der Waals surface area (Å²) in [5.41, 5.74) is 3.11. The molecule has 37 heavy (non-hydrogen) atoms. The van der Waals surface area contributed by atoms with Crippen LogP contribution in [0.15, 0.2) is 60.8 Å². The van der Waals surface area contributed by atoms with E-state index in [0.29, 0.717) is 29.0 Å². The molecule has 0 aliphatic heterocycles. The van der Waals surface area contributed by atoms with Gasteiger partial charge in [0.1, 0.15) is 14.3 Å². The lowest BCUT2D eigenvalue weighted by Gasteiger charge is -2.36. The van der Waals surface area contributed by atoms with E-state index < -0.39 is 0 Å². The van der Waals surface area contributed by atoms with Crippen molar-refractivity contribution in [2.75, 3.05) is 6.61 Å². The van der Waals surface area contributed by atoms with Crippen molar-refractivity contribution in [3.8, 4) is 16.9 Å². The molecule has 0 bridgehead atoms. The van der Waals surface area contributed by atoms with Gasteiger partial charge in [-0.15, -0.1) is 11.3 Å². The number of carbonyl (C=O) groups is 1. The first kappa shape index (κ1) is 26.4. The Hall–Kier alpha value is -2.16. The lowest BCUT2D eigenvalue weighted by atomic mass is 9.86. The van der Waals surface area contributed by atoms with Crippen LogP contribution in [-0.2, 0) is 6.54 Å². The quantitative estimate of drug-likeness (QED) is 0.149. The van der Waals surface area contributed by atoms with Gasteiger partial charge in [-0.05, 0) is 90.9 Å².